The van der Waals surface area contributed by atoms with Crippen molar-refractivity contribution in [1.82, 2.24) is 15.1 Å². The van der Waals surface area contributed by atoms with E-state index < -0.39 is 0 Å². The van der Waals surface area contributed by atoms with Crippen molar-refractivity contribution in [3.05, 3.63) is 59.5 Å². The van der Waals surface area contributed by atoms with Crippen molar-refractivity contribution in [2.75, 3.05) is 0 Å². The van der Waals surface area contributed by atoms with Crippen LogP contribution in [0.25, 0.3) is 16.6 Å². The van der Waals surface area contributed by atoms with Crippen LogP contribution in [0.2, 0.25) is 0 Å². The number of amides is 1. The first-order chi connectivity index (χ1) is 9.74. The Hall–Kier alpha value is -2.69. The van der Waals surface area contributed by atoms with Gasteiger partial charge in [0, 0.05) is 5.39 Å². The summed E-state index contributed by atoms with van der Waals surface area (Å²) in [5.41, 5.74) is 3.10. The lowest BCUT2D eigenvalue weighted by molar-refractivity contribution is 0.0949. The Morgan fingerprint density at radius 1 is 1.15 bits per heavy atom. The summed E-state index contributed by atoms with van der Waals surface area (Å²) < 4.78 is 14.8. The number of rotatable bonds is 1. The van der Waals surface area contributed by atoms with Crippen molar-refractivity contribution in [3.63, 3.8) is 0 Å². The number of carbonyl (C=O) groups excluding carboxylic acids is 1. The van der Waals surface area contributed by atoms with E-state index in [1.54, 1.807) is 22.9 Å². The normalized spacial score (nSPS) is 13.6. The maximum Gasteiger partial charge on any atom is 0.252 e. The van der Waals surface area contributed by atoms with Crippen molar-refractivity contribution in [2.45, 2.75) is 6.54 Å². The molecule has 1 N–H and O–H groups in total. The van der Waals surface area contributed by atoms with Gasteiger partial charge in [-0.2, -0.15) is 5.10 Å². The van der Waals surface area contributed by atoms with Crippen LogP contribution in [0.5, 0.6) is 0 Å². The van der Waals surface area contributed by atoms with Gasteiger partial charge in [0.25, 0.3) is 5.91 Å². The molecular weight excluding hydrogens is 257 g/mol. The third-order valence-corrected chi connectivity index (χ3v) is 3.51. The molecule has 5 heteroatoms. The van der Waals surface area contributed by atoms with Gasteiger partial charge in [0.05, 0.1) is 29.0 Å². The summed E-state index contributed by atoms with van der Waals surface area (Å²) >= 11 is 0. The summed E-state index contributed by atoms with van der Waals surface area (Å²) in [6.45, 7) is 0.417. The minimum absolute atomic E-state index is 0.0817. The van der Waals surface area contributed by atoms with Crippen LogP contribution in [0.3, 0.4) is 0 Å². The quantitative estimate of drug-likeness (QED) is 0.736. The maximum atomic E-state index is 13.0. The van der Waals surface area contributed by atoms with Gasteiger partial charge in [-0.15, -0.1) is 0 Å². The summed E-state index contributed by atoms with van der Waals surface area (Å²) in [5, 5.41) is 8.21. The third kappa shape index (κ3) is 1.46. The van der Waals surface area contributed by atoms with Crippen molar-refractivity contribution < 1.29 is 9.18 Å². The lowest BCUT2D eigenvalue weighted by atomic mass is 10.0. The summed E-state index contributed by atoms with van der Waals surface area (Å²) in [5.74, 6) is -0.367. The van der Waals surface area contributed by atoms with E-state index in [1.807, 2.05) is 12.1 Å². The molecule has 4 nitrogen and oxygen atoms in total. The van der Waals surface area contributed by atoms with Gasteiger partial charge in [-0.3, -0.25) is 4.79 Å². The molecule has 1 amide bonds. The van der Waals surface area contributed by atoms with Crippen LogP contribution in [0.4, 0.5) is 4.39 Å². The Kier molecular flexibility index (Phi) is 2.18. The zero-order chi connectivity index (χ0) is 13.7. The fourth-order valence-electron chi connectivity index (χ4n) is 2.60. The topological polar surface area (TPSA) is 46.9 Å². The number of halogens is 1. The Bertz CT molecular complexity index is 836. The molecular formula is C15H10FN3O. The molecule has 1 aliphatic heterocycles. The number of carbonyl (C=O) groups is 1. The lowest BCUT2D eigenvalue weighted by Gasteiger charge is -2.11. The molecule has 2 heterocycles. The van der Waals surface area contributed by atoms with E-state index in [0.29, 0.717) is 12.1 Å². The second-order valence-corrected chi connectivity index (χ2v) is 4.72. The van der Waals surface area contributed by atoms with Crippen molar-refractivity contribution in [1.29, 1.82) is 0 Å². The van der Waals surface area contributed by atoms with E-state index in [0.717, 1.165) is 22.3 Å². The molecule has 0 aliphatic carbocycles. The number of hydrogen-bond donors (Lipinski definition) is 1. The van der Waals surface area contributed by atoms with E-state index in [2.05, 4.69) is 10.4 Å². The van der Waals surface area contributed by atoms with Crippen molar-refractivity contribution in [3.8, 4) is 5.69 Å². The minimum Gasteiger partial charge on any atom is -0.346 e. The lowest BCUT2D eigenvalue weighted by Crippen LogP contribution is -2.27. The van der Waals surface area contributed by atoms with E-state index in [1.165, 1.54) is 12.1 Å². The van der Waals surface area contributed by atoms with Crippen LogP contribution in [-0.2, 0) is 6.54 Å². The van der Waals surface area contributed by atoms with E-state index in [-0.39, 0.29) is 11.7 Å². The minimum atomic E-state index is -0.285. The highest BCUT2D eigenvalue weighted by atomic mass is 19.1. The van der Waals surface area contributed by atoms with Crippen molar-refractivity contribution >= 4 is 16.8 Å². The first-order valence-electron chi connectivity index (χ1n) is 6.29. The SMILES string of the molecule is O=C1NCc2nn(-c3ccc(F)cc3)c3cccc1c23. The number of benzene rings is 2. The predicted octanol–water partition coefficient (Wildman–Crippen LogP) is 2.41. The highest BCUT2D eigenvalue weighted by Gasteiger charge is 2.23. The average Bonchev–Trinajstić information content (AvgIpc) is 2.84. The number of aromatic nitrogens is 2. The van der Waals surface area contributed by atoms with Crippen LogP contribution in [0, 0.1) is 5.82 Å². The molecule has 98 valence electrons. The maximum absolute atomic E-state index is 13.0. The first-order valence-corrected chi connectivity index (χ1v) is 6.29. The van der Waals surface area contributed by atoms with Gasteiger partial charge < -0.3 is 5.32 Å². The first kappa shape index (κ1) is 11.2. The van der Waals surface area contributed by atoms with Gasteiger partial charge in [-0.1, -0.05) is 6.07 Å². The molecule has 1 aromatic heterocycles. The smallest absolute Gasteiger partial charge is 0.252 e. The van der Waals surface area contributed by atoms with Gasteiger partial charge in [-0.25, -0.2) is 9.07 Å². The highest BCUT2D eigenvalue weighted by molar-refractivity contribution is 6.09. The van der Waals surface area contributed by atoms with Crippen molar-refractivity contribution in [2.24, 2.45) is 0 Å². The summed E-state index contributed by atoms with van der Waals surface area (Å²) in [6.07, 6.45) is 0. The molecule has 0 saturated heterocycles. The predicted molar refractivity (Wildman–Crippen MR) is 72.2 cm³/mol. The number of nitrogens with zero attached hydrogens (tertiary/aromatic N) is 2. The molecule has 3 aromatic rings. The van der Waals surface area contributed by atoms with Gasteiger partial charge >= 0.3 is 0 Å². The van der Waals surface area contributed by atoms with E-state index >= 15 is 0 Å². The number of nitrogens with one attached hydrogen (secondary N) is 1. The summed E-state index contributed by atoms with van der Waals surface area (Å²) in [6, 6.07) is 11.7. The monoisotopic (exact) mass is 267 g/mol. The molecule has 0 unspecified atom stereocenters. The molecule has 4 rings (SSSR count). The molecule has 0 saturated carbocycles. The molecule has 0 fully saturated rings. The molecule has 0 radical (unpaired) electrons. The molecule has 0 atom stereocenters. The second kappa shape index (κ2) is 3.90. The van der Waals surface area contributed by atoms with Crippen LogP contribution in [0.1, 0.15) is 16.1 Å². The van der Waals surface area contributed by atoms with Crippen LogP contribution >= 0.6 is 0 Å². The van der Waals surface area contributed by atoms with Gasteiger partial charge in [0.2, 0.25) is 0 Å². The fourth-order valence-corrected chi connectivity index (χ4v) is 2.60. The average molecular weight is 267 g/mol. The molecule has 2 aromatic carbocycles. The number of hydrogen-bond acceptors (Lipinski definition) is 2. The molecule has 1 aliphatic rings. The Morgan fingerprint density at radius 2 is 1.95 bits per heavy atom. The summed E-state index contributed by atoms with van der Waals surface area (Å²) in [7, 11) is 0. The van der Waals surface area contributed by atoms with Gasteiger partial charge in [0.1, 0.15) is 5.82 Å². The largest absolute Gasteiger partial charge is 0.346 e. The fraction of sp³-hybridized carbons (Fsp3) is 0.0667. The Morgan fingerprint density at radius 3 is 2.75 bits per heavy atom. The van der Waals surface area contributed by atoms with Crippen LogP contribution in [0.15, 0.2) is 42.5 Å². The summed E-state index contributed by atoms with van der Waals surface area (Å²) in [4.78, 5) is 11.9. The zero-order valence-corrected chi connectivity index (χ0v) is 10.4. The van der Waals surface area contributed by atoms with Crippen LogP contribution in [-0.4, -0.2) is 15.7 Å². The molecule has 0 spiro atoms. The van der Waals surface area contributed by atoms with Crippen LogP contribution < -0.4 is 5.32 Å². The second-order valence-electron chi connectivity index (χ2n) is 4.72. The zero-order valence-electron chi connectivity index (χ0n) is 10.4. The molecule has 0 bridgehead atoms. The highest BCUT2D eigenvalue weighted by Crippen LogP contribution is 2.28. The van der Waals surface area contributed by atoms with Gasteiger partial charge in [-0.05, 0) is 36.4 Å². The third-order valence-electron chi connectivity index (χ3n) is 3.51. The Labute approximate surface area is 113 Å². The van der Waals surface area contributed by atoms with E-state index in [9.17, 15) is 9.18 Å². The van der Waals surface area contributed by atoms with Gasteiger partial charge in [0.15, 0.2) is 0 Å². The standard InChI is InChI=1S/C15H10FN3O/c16-9-4-6-10(7-5-9)19-13-3-1-2-11-14(13)12(18-19)8-17-15(11)20/h1-7H,8H2,(H,17,20). The Balaban J connectivity index is 2.03. The van der Waals surface area contributed by atoms with E-state index in [4.69, 9.17) is 0 Å². The molecule has 20 heavy (non-hydrogen) atoms.